The quantitative estimate of drug-likeness (QED) is 0.704. The molecule has 0 saturated carbocycles. The Hall–Kier alpha value is -3.13. The van der Waals surface area contributed by atoms with Crippen LogP contribution in [-0.4, -0.2) is 71.5 Å². The number of anilines is 1. The number of hydrogen-bond donors (Lipinski definition) is 1. The van der Waals surface area contributed by atoms with Gasteiger partial charge in [-0.05, 0) is 30.7 Å². The maximum atomic E-state index is 13.6. The first kappa shape index (κ1) is 22.1. The summed E-state index contributed by atoms with van der Waals surface area (Å²) in [5.41, 5.74) is 0.711. The molecule has 32 heavy (non-hydrogen) atoms. The van der Waals surface area contributed by atoms with Crippen LogP contribution in [0.4, 0.5) is 23.2 Å². The molecule has 2 saturated heterocycles. The highest BCUT2D eigenvalue weighted by Crippen LogP contribution is 2.34. The van der Waals surface area contributed by atoms with Crippen molar-refractivity contribution < 1.29 is 27.1 Å². The van der Waals surface area contributed by atoms with Crippen molar-refractivity contribution in [1.82, 2.24) is 14.8 Å². The van der Waals surface area contributed by atoms with Gasteiger partial charge in [-0.25, -0.2) is 4.39 Å². The molecule has 1 N–H and O–H groups in total. The lowest BCUT2D eigenvalue weighted by molar-refractivity contribution is -0.274. The van der Waals surface area contributed by atoms with Crippen molar-refractivity contribution in [3.8, 4) is 11.8 Å². The minimum atomic E-state index is -4.82. The minimum absolute atomic E-state index is 0.0418. The fraction of sp³-hybridized carbons (Fsp3) is 0.476. The Balaban J connectivity index is 1.41. The number of benzene rings is 1. The molecule has 170 valence electrons. The third-order valence-corrected chi connectivity index (χ3v) is 5.67. The number of ether oxygens (including phenoxy) is 1. The van der Waals surface area contributed by atoms with Crippen LogP contribution in [0.3, 0.4) is 0 Å². The zero-order valence-electron chi connectivity index (χ0n) is 17.0. The van der Waals surface area contributed by atoms with Gasteiger partial charge in [0.25, 0.3) is 0 Å². The first-order valence-corrected chi connectivity index (χ1v) is 10.2. The molecule has 11 heteroatoms. The molecule has 0 bridgehead atoms. The number of alkyl halides is 4. The van der Waals surface area contributed by atoms with Crippen molar-refractivity contribution in [3.63, 3.8) is 0 Å². The van der Waals surface area contributed by atoms with Crippen LogP contribution in [0, 0.1) is 11.3 Å². The van der Waals surface area contributed by atoms with E-state index in [1.54, 1.807) is 12.1 Å². The van der Waals surface area contributed by atoms with Crippen LogP contribution in [0.25, 0.3) is 10.9 Å². The van der Waals surface area contributed by atoms with Crippen LogP contribution < -0.4 is 10.1 Å². The lowest BCUT2D eigenvalue weighted by Gasteiger charge is -2.23. The van der Waals surface area contributed by atoms with Crippen LogP contribution in [0.5, 0.6) is 5.75 Å². The number of amides is 1. The second-order valence-electron chi connectivity index (χ2n) is 7.95. The standard InChI is InChI=1S/C21H21F4N5O2/c22-13-8-15(9-26)30(10-13)19(31)12-29-7-5-14(11-29)28-17-3-4-18(32-21(23,24)25)20-16(17)2-1-6-27-20/h1-4,6,13-15,28H,5,7-8,10-12H2/t13-,14-,15-/m0/s1. The Labute approximate surface area is 181 Å². The molecule has 2 aliphatic heterocycles. The van der Waals surface area contributed by atoms with Gasteiger partial charge in [0.1, 0.15) is 17.7 Å². The van der Waals surface area contributed by atoms with Crippen molar-refractivity contribution in [1.29, 1.82) is 5.26 Å². The Morgan fingerprint density at radius 1 is 1.31 bits per heavy atom. The largest absolute Gasteiger partial charge is 0.573 e. The fourth-order valence-corrected chi connectivity index (χ4v) is 4.26. The molecule has 2 aromatic rings. The lowest BCUT2D eigenvalue weighted by Crippen LogP contribution is -2.42. The van der Waals surface area contributed by atoms with Gasteiger partial charge in [-0.3, -0.25) is 14.7 Å². The van der Waals surface area contributed by atoms with Gasteiger partial charge in [-0.1, -0.05) is 0 Å². The zero-order valence-corrected chi connectivity index (χ0v) is 17.0. The van der Waals surface area contributed by atoms with Gasteiger partial charge in [-0.2, -0.15) is 5.26 Å². The second-order valence-corrected chi connectivity index (χ2v) is 7.95. The highest BCUT2D eigenvalue weighted by molar-refractivity contribution is 5.95. The van der Waals surface area contributed by atoms with Gasteiger partial charge in [0.2, 0.25) is 5.91 Å². The van der Waals surface area contributed by atoms with Gasteiger partial charge in [0, 0.05) is 42.8 Å². The summed E-state index contributed by atoms with van der Waals surface area (Å²) >= 11 is 0. The number of carbonyl (C=O) groups is 1. The number of pyridine rings is 1. The zero-order chi connectivity index (χ0) is 22.9. The Kier molecular flexibility index (Phi) is 6.06. The molecule has 3 atom stereocenters. The highest BCUT2D eigenvalue weighted by atomic mass is 19.4. The minimum Gasteiger partial charge on any atom is -0.403 e. The van der Waals surface area contributed by atoms with Crippen molar-refractivity contribution in [2.24, 2.45) is 0 Å². The fourth-order valence-electron chi connectivity index (χ4n) is 4.26. The number of aromatic nitrogens is 1. The number of fused-ring (bicyclic) bond motifs is 1. The topological polar surface area (TPSA) is 81.5 Å². The van der Waals surface area contributed by atoms with E-state index in [4.69, 9.17) is 5.26 Å². The van der Waals surface area contributed by atoms with Crippen LogP contribution in [0.1, 0.15) is 12.8 Å². The summed E-state index contributed by atoms with van der Waals surface area (Å²) < 4.78 is 55.7. The van der Waals surface area contributed by atoms with Crippen molar-refractivity contribution >= 4 is 22.5 Å². The molecule has 1 amide bonds. The Bertz CT molecular complexity index is 1040. The smallest absolute Gasteiger partial charge is 0.403 e. The Morgan fingerprint density at radius 2 is 2.12 bits per heavy atom. The molecule has 4 rings (SSSR count). The molecule has 7 nitrogen and oxygen atoms in total. The Morgan fingerprint density at radius 3 is 2.88 bits per heavy atom. The molecule has 0 unspecified atom stereocenters. The summed E-state index contributed by atoms with van der Waals surface area (Å²) in [7, 11) is 0. The molecule has 1 aromatic carbocycles. The van der Waals surface area contributed by atoms with E-state index in [0.717, 1.165) is 0 Å². The number of likely N-dealkylation sites (tertiary alicyclic amines) is 2. The molecule has 0 spiro atoms. The van der Waals surface area contributed by atoms with Crippen LogP contribution in [0.2, 0.25) is 0 Å². The molecule has 2 fully saturated rings. The van der Waals surface area contributed by atoms with Gasteiger partial charge in [0.15, 0.2) is 5.75 Å². The molecule has 2 aliphatic rings. The van der Waals surface area contributed by atoms with Crippen LogP contribution >= 0.6 is 0 Å². The number of hydrogen-bond acceptors (Lipinski definition) is 6. The summed E-state index contributed by atoms with van der Waals surface area (Å²) in [6, 6.07) is 7.23. The number of nitriles is 1. The summed E-state index contributed by atoms with van der Waals surface area (Å²) in [5, 5.41) is 12.9. The third-order valence-electron chi connectivity index (χ3n) is 5.67. The van der Waals surface area contributed by atoms with E-state index in [1.807, 2.05) is 11.0 Å². The molecule has 0 aliphatic carbocycles. The van der Waals surface area contributed by atoms with Crippen molar-refractivity contribution in [2.45, 2.75) is 37.5 Å². The van der Waals surface area contributed by atoms with Crippen molar-refractivity contribution in [3.05, 3.63) is 30.5 Å². The highest BCUT2D eigenvalue weighted by Gasteiger charge is 2.37. The van der Waals surface area contributed by atoms with E-state index in [0.29, 0.717) is 30.6 Å². The SMILES string of the molecule is N#C[C@@H]1C[C@H](F)CN1C(=O)CN1CC[C@H](Nc2ccc(OC(F)(F)F)c3ncccc23)C1. The lowest BCUT2D eigenvalue weighted by atomic mass is 10.1. The van der Waals surface area contributed by atoms with E-state index in [-0.39, 0.29) is 42.7 Å². The van der Waals surface area contributed by atoms with Gasteiger partial charge >= 0.3 is 6.36 Å². The summed E-state index contributed by atoms with van der Waals surface area (Å²) in [6.07, 6.45) is -3.85. The maximum Gasteiger partial charge on any atom is 0.573 e. The average molecular weight is 451 g/mol. The van der Waals surface area contributed by atoms with Crippen LogP contribution in [-0.2, 0) is 4.79 Å². The van der Waals surface area contributed by atoms with E-state index in [9.17, 15) is 22.4 Å². The van der Waals surface area contributed by atoms with E-state index in [2.05, 4.69) is 15.0 Å². The van der Waals surface area contributed by atoms with Gasteiger partial charge < -0.3 is 15.0 Å². The van der Waals surface area contributed by atoms with E-state index < -0.39 is 18.6 Å². The first-order chi connectivity index (χ1) is 15.2. The average Bonchev–Trinajstić information content (AvgIpc) is 3.34. The van der Waals surface area contributed by atoms with Crippen molar-refractivity contribution in [2.75, 3.05) is 31.5 Å². The number of nitrogens with zero attached hydrogens (tertiary/aromatic N) is 4. The molecular weight excluding hydrogens is 430 g/mol. The van der Waals surface area contributed by atoms with Gasteiger partial charge in [0.05, 0.1) is 19.2 Å². The summed E-state index contributed by atoms with van der Waals surface area (Å²) in [5.74, 6) is -0.651. The molecule has 0 radical (unpaired) electrons. The van der Waals surface area contributed by atoms with Gasteiger partial charge in [-0.15, -0.1) is 13.2 Å². The van der Waals surface area contributed by atoms with Crippen LogP contribution in [0.15, 0.2) is 30.5 Å². The van der Waals surface area contributed by atoms with E-state index in [1.165, 1.54) is 23.2 Å². The summed E-state index contributed by atoms with van der Waals surface area (Å²) in [6.45, 7) is 1.18. The maximum absolute atomic E-state index is 13.6. The summed E-state index contributed by atoms with van der Waals surface area (Å²) in [4.78, 5) is 19.8. The first-order valence-electron chi connectivity index (χ1n) is 10.2. The number of carbonyl (C=O) groups excluding carboxylic acids is 1. The number of rotatable bonds is 5. The third kappa shape index (κ3) is 4.85. The normalized spacial score (nSPS) is 24.0. The molecular formula is C21H21F4N5O2. The number of nitrogens with one attached hydrogen (secondary N) is 1. The molecule has 1 aromatic heterocycles. The monoisotopic (exact) mass is 451 g/mol. The molecule has 3 heterocycles. The predicted octanol–water partition coefficient (Wildman–Crippen LogP) is 3.08. The second kappa shape index (κ2) is 8.78. The number of halogens is 4. The van der Waals surface area contributed by atoms with E-state index >= 15 is 0 Å². The predicted molar refractivity (Wildman–Crippen MR) is 108 cm³/mol.